The quantitative estimate of drug-likeness (QED) is 0.675. The van der Waals surface area contributed by atoms with Gasteiger partial charge in [-0.05, 0) is 30.0 Å². The second-order valence-electron chi connectivity index (χ2n) is 4.99. The number of rotatable bonds is 5. The molecule has 0 fully saturated rings. The van der Waals surface area contributed by atoms with Gasteiger partial charge in [-0.1, -0.05) is 49.9 Å². The molecule has 0 bridgehead atoms. The van der Waals surface area contributed by atoms with Crippen molar-refractivity contribution in [3.8, 4) is 0 Å². The minimum atomic E-state index is -0.0178. The Balaban J connectivity index is 2.03. The molecular weight excluding hydrogens is 266 g/mol. The van der Waals surface area contributed by atoms with Gasteiger partial charge in [0.2, 0.25) is 0 Å². The number of aromatic nitrogens is 2. The average Bonchev–Trinajstić information content (AvgIpc) is 2.49. The van der Waals surface area contributed by atoms with Crippen LogP contribution >= 0.6 is 11.8 Å². The predicted octanol–water partition coefficient (Wildman–Crippen LogP) is 3.53. The Morgan fingerprint density at radius 3 is 2.30 bits per heavy atom. The highest BCUT2D eigenvalue weighted by Gasteiger charge is 2.17. The van der Waals surface area contributed by atoms with E-state index in [9.17, 15) is 0 Å². The van der Waals surface area contributed by atoms with Crippen molar-refractivity contribution in [3.05, 3.63) is 53.3 Å². The molecule has 2 rings (SSSR count). The number of nitrogens with zero attached hydrogens (tertiary/aromatic N) is 2. The van der Waals surface area contributed by atoms with Crippen molar-refractivity contribution < 1.29 is 0 Å². The first-order valence-corrected chi connectivity index (χ1v) is 7.78. The fourth-order valence-corrected chi connectivity index (χ4v) is 2.79. The minimum Gasteiger partial charge on any atom is -0.323 e. The highest BCUT2D eigenvalue weighted by Crippen LogP contribution is 2.28. The topological polar surface area (TPSA) is 51.8 Å². The van der Waals surface area contributed by atoms with Crippen LogP contribution in [0.4, 0.5) is 0 Å². The largest absolute Gasteiger partial charge is 0.323 e. The molecule has 20 heavy (non-hydrogen) atoms. The van der Waals surface area contributed by atoms with E-state index >= 15 is 0 Å². The van der Waals surface area contributed by atoms with Crippen molar-refractivity contribution in [2.75, 3.05) is 0 Å². The lowest BCUT2D eigenvalue weighted by molar-refractivity contribution is 0.711. The molecule has 0 amide bonds. The Morgan fingerprint density at radius 1 is 1.15 bits per heavy atom. The highest BCUT2D eigenvalue weighted by atomic mass is 32.2. The van der Waals surface area contributed by atoms with Crippen molar-refractivity contribution in [3.63, 3.8) is 0 Å². The van der Waals surface area contributed by atoms with Crippen LogP contribution in [0, 0.1) is 6.92 Å². The summed E-state index contributed by atoms with van der Waals surface area (Å²) in [6, 6.07) is 8.52. The monoisotopic (exact) mass is 287 g/mol. The molecule has 0 saturated carbocycles. The molecule has 0 aliphatic carbocycles. The fraction of sp³-hybridized carbons (Fsp3) is 0.375. The van der Waals surface area contributed by atoms with Crippen LogP contribution in [-0.4, -0.2) is 15.2 Å². The van der Waals surface area contributed by atoms with E-state index in [2.05, 4.69) is 48.1 Å². The lowest BCUT2D eigenvalue weighted by Crippen LogP contribution is -2.21. The van der Waals surface area contributed by atoms with Gasteiger partial charge in [0.05, 0.1) is 0 Å². The number of hydrogen-bond donors (Lipinski definition) is 1. The molecule has 3 nitrogen and oxygen atoms in total. The van der Waals surface area contributed by atoms with Crippen molar-refractivity contribution in [1.29, 1.82) is 0 Å². The number of thioether (sulfide) groups is 1. The molecule has 2 N–H and O–H groups in total. The van der Waals surface area contributed by atoms with Crippen molar-refractivity contribution in [2.24, 2.45) is 5.73 Å². The second-order valence-corrected chi connectivity index (χ2v) is 6.33. The molecule has 2 aromatic rings. The Labute approximate surface area is 125 Å². The molecule has 0 aliphatic heterocycles. The maximum absolute atomic E-state index is 6.33. The Bertz CT molecular complexity index is 537. The number of benzene rings is 1. The SMILES string of the molecule is CCc1ccc(C(N)C(C)Sc2ncc(C)cn2)cc1. The Kier molecular flexibility index (Phi) is 5.15. The maximum Gasteiger partial charge on any atom is 0.187 e. The van der Waals surface area contributed by atoms with E-state index in [-0.39, 0.29) is 11.3 Å². The number of hydrogen-bond acceptors (Lipinski definition) is 4. The number of nitrogens with two attached hydrogens (primary N) is 1. The summed E-state index contributed by atoms with van der Waals surface area (Å²) < 4.78 is 0. The van der Waals surface area contributed by atoms with Crippen LogP contribution in [0.3, 0.4) is 0 Å². The van der Waals surface area contributed by atoms with Crippen LogP contribution < -0.4 is 5.73 Å². The van der Waals surface area contributed by atoms with Crippen LogP contribution in [0.1, 0.15) is 36.6 Å². The van der Waals surface area contributed by atoms with Crippen molar-refractivity contribution in [2.45, 2.75) is 43.6 Å². The van der Waals surface area contributed by atoms with Crippen molar-refractivity contribution >= 4 is 11.8 Å². The zero-order valence-corrected chi connectivity index (χ0v) is 13.0. The third kappa shape index (κ3) is 3.81. The lowest BCUT2D eigenvalue weighted by Gasteiger charge is -2.19. The normalized spacial score (nSPS) is 14.0. The summed E-state index contributed by atoms with van der Waals surface area (Å²) in [4.78, 5) is 8.64. The lowest BCUT2D eigenvalue weighted by atomic mass is 10.0. The molecule has 2 atom stereocenters. The Morgan fingerprint density at radius 2 is 1.75 bits per heavy atom. The molecule has 4 heteroatoms. The van der Waals surface area contributed by atoms with Gasteiger partial charge in [-0.15, -0.1) is 0 Å². The van der Waals surface area contributed by atoms with E-state index in [0.29, 0.717) is 0 Å². The summed E-state index contributed by atoms with van der Waals surface area (Å²) in [5.41, 5.74) is 9.90. The molecule has 2 unspecified atom stereocenters. The highest BCUT2D eigenvalue weighted by molar-refractivity contribution is 7.99. The van der Waals surface area contributed by atoms with Crippen molar-refractivity contribution in [1.82, 2.24) is 9.97 Å². The molecule has 0 aliphatic rings. The first-order valence-electron chi connectivity index (χ1n) is 6.90. The first-order chi connectivity index (χ1) is 9.60. The zero-order chi connectivity index (χ0) is 14.5. The summed E-state index contributed by atoms with van der Waals surface area (Å²) in [5.74, 6) is 0. The smallest absolute Gasteiger partial charge is 0.187 e. The van der Waals surface area contributed by atoms with E-state index in [1.807, 2.05) is 19.3 Å². The average molecular weight is 287 g/mol. The third-order valence-electron chi connectivity index (χ3n) is 3.33. The van der Waals surface area contributed by atoms with Gasteiger partial charge in [0.15, 0.2) is 5.16 Å². The van der Waals surface area contributed by atoms with E-state index in [0.717, 1.165) is 22.7 Å². The van der Waals surface area contributed by atoms with Crippen LogP contribution in [0.15, 0.2) is 41.8 Å². The molecule has 1 aromatic heterocycles. The maximum atomic E-state index is 6.33. The summed E-state index contributed by atoms with van der Waals surface area (Å²) >= 11 is 1.62. The van der Waals surface area contributed by atoms with Gasteiger partial charge in [-0.2, -0.15) is 0 Å². The minimum absolute atomic E-state index is 0.0178. The predicted molar refractivity (Wildman–Crippen MR) is 84.8 cm³/mol. The summed E-state index contributed by atoms with van der Waals surface area (Å²) in [5, 5.41) is 1.01. The summed E-state index contributed by atoms with van der Waals surface area (Å²) in [6.07, 6.45) is 4.73. The number of aryl methyl sites for hydroxylation is 2. The summed E-state index contributed by atoms with van der Waals surface area (Å²) in [7, 11) is 0. The van der Waals surface area contributed by atoms with E-state index in [1.54, 1.807) is 11.8 Å². The van der Waals surface area contributed by atoms with Gasteiger partial charge < -0.3 is 5.73 Å². The molecule has 106 valence electrons. The second kappa shape index (κ2) is 6.86. The third-order valence-corrected chi connectivity index (χ3v) is 4.41. The van der Waals surface area contributed by atoms with Gasteiger partial charge >= 0.3 is 0 Å². The van der Waals surface area contributed by atoms with Gasteiger partial charge in [0.25, 0.3) is 0 Å². The van der Waals surface area contributed by atoms with E-state index in [1.165, 1.54) is 5.56 Å². The Hall–Kier alpha value is -1.39. The molecule has 0 spiro atoms. The molecule has 0 radical (unpaired) electrons. The first kappa shape index (κ1) is 15.0. The van der Waals surface area contributed by atoms with Crippen LogP contribution in [-0.2, 0) is 6.42 Å². The molecule has 1 aromatic carbocycles. The van der Waals surface area contributed by atoms with Crippen LogP contribution in [0.2, 0.25) is 0 Å². The standard InChI is InChI=1S/C16H21N3S/c1-4-13-5-7-14(8-6-13)15(17)12(3)20-16-18-9-11(2)10-19-16/h5-10,12,15H,4,17H2,1-3H3. The molecule has 1 heterocycles. The van der Waals surface area contributed by atoms with Crippen LogP contribution in [0.25, 0.3) is 0 Å². The molecule has 0 saturated heterocycles. The fourth-order valence-electron chi connectivity index (χ4n) is 1.93. The van der Waals surface area contributed by atoms with E-state index < -0.39 is 0 Å². The van der Waals surface area contributed by atoms with Gasteiger partial charge in [0, 0.05) is 23.7 Å². The van der Waals surface area contributed by atoms with Gasteiger partial charge in [-0.3, -0.25) is 0 Å². The van der Waals surface area contributed by atoms with Crippen LogP contribution in [0.5, 0.6) is 0 Å². The van der Waals surface area contributed by atoms with E-state index in [4.69, 9.17) is 5.73 Å². The zero-order valence-electron chi connectivity index (χ0n) is 12.2. The summed E-state index contributed by atoms with van der Waals surface area (Å²) in [6.45, 7) is 6.26. The van der Waals surface area contributed by atoms with Gasteiger partial charge in [0.1, 0.15) is 0 Å². The molecular formula is C16H21N3S. The van der Waals surface area contributed by atoms with Gasteiger partial charge in [-0.25, -0.2) is 9.97 Å².